The van der Waals surface area contributed by atoms with Crippen LogP contribution in [0.5, 0.6) is 0 Å². The van der Waals surface area contributed by atoms with Crippen molar-refractivity contribution in [2.75, 3.05) is 13.1 Å². The van der Waals surface area contributed by atoms with Crippen LogP contribution in [0.3, 0.4) is 0 Å². The predicted octanol–water partition coefficient (Wildman–Crippen LogP) is 2.80. The summed E-state index contributed by atoms with van der Waals surface area (Å²) in [5.41, 5.74) is 1.13. The van der Waals surface area contributed by atoms with E-state index in [-0.39, 0.29) is 25.0 Å². The van der Waals surface area contributed by atoms with Gasteiger partial charge in [-0.05, 0) is 36.5 Å². The number of nitrogens with one attached hydrogen (secondary N) is 2. The highest BCUT2D eigenvalue weighted by molar-refractivity contribution is 6.30. The zero-order valence-corrected chi connectivity index (χ0v) is 12.7. The fourth-order valence-electron chi connectivity index (χ4n) is 2.95. The third kappa shape index (κ3) is 4.73. The van der Waals surface area contributed by atoms with Crippen LogP contribution < -0.4 is 10.6 Å². The molecule has 0 spiro atoms. The van der Waals surface area contributed by atoms with E-state index in [4.69, 9.17) is 16.9 Å². The first-order chi connectivity index (χ1) is 10.2. The molecule has 0 radical (unpaired) electrons. The van der Waals surface area contributed by atoms with Crippen LogP contribution >= 0.6 is 11.6 Å². The summed E-state index contributed by atoms with van der Waals surface area (Å²) < 4.78 is 0. The minimum Gasteiger partial charge on any atom is -0.342 e. The van der Waals surface area contributed by atoms with Crippen molar-refractivity contribution in [1.82, 2.24) is 10.6 Å². The molecular formula is C16H20ClN3O. The number of rotatable bonds is 6. The quantitative estimate of drug-likeness (QED) is 0.794. The number of benzene rings is 1. The Morgan fingerprint density at radius 1 is 1.43 bits per heavy atom. The van der Waals surface area contributed by atoms with Gasteiger partial charge in [0.25, 0.3) is 0 Å². The molecule has 1 aliphatic carbocycles. The van der Waals surface area contributed by atoms with E-state index in [1.54, 1.807) is 0 Å². The minimum absolute atomic E-state index is 0.0474. The van der Waals surface area contributed by atoms with Gasteiger partial charge in [-0.25, -0.2) is 0 Å². The summed E-state index contributed by atoms with van der Waals surface area (Å²) in [5, 5.41) is 15.1. The maximum absolute atomic E-state index is 11.7. The smallest absolute Gasteiger partial charge is 0.234 e. The van der Waals surface area contributed by atoms with Crippen molar-refractivity contribution in [3.8, 4) is 6.07 Å². The van der Waals surface area contributed by atoms with Gasteiger partial charge in [0.05, 0.1) is 12.6 Å². The Kier molecular flexibility index (Phi) is 6.04. The summed E-state index contributed by atoms with van der Waals surface area (Å²) in [7, 11) is 0. The Morgan fingerprint density at radius 2 is 2.19 bits per heavy atom. The van der Waals surface area contributed by atoms with Gasteiger partial charge in [0, 0.05) is 11.1 Å². The Hall–Kier alpha value is -1.57. The lowest BCUT2D eigenvalue weighted by Gasteiger charge is -2.25. The van der Waals surface area contributed by atoms with E-state index >= 15 is 0 Å². The van der Waals surface area contributed by atoms with Crippen LogP contribution in [0.4, 0.5) is 0 Å². The van der Waals surface area contributed by atoms with Gasteiger partial charge in [-0.3, -0.25) is 4.79 Å². The molecular weight excluding hydrogens is 286 g/mol. The van der Waals surface area contributed by atoms with Gasteiger partial charge in [-0.2, -0.15) is 5.26 Å². The van der Waals surface area contributed by atoms with E-state index < -0.39 is 0 Å². The van der Waals surface area contributed by atoms with Crippen LogP contribution in [-0.4, -0.2) is 19.0 Å². The summed E-state index contributed by atoms with van der Waals surface area (Å²) in [6, 6.07) is 9.85. The van der Waals surface area contributed by atoms with Gasteiger partial charge in [-0.15, -0.1) is 0 Å². The van der Waals surface area contributed by atoms with Crippen LogP contribution in [0.15, 0.2) is 24.3 Å². The molecule has 0 saturated heterocycles. The fraction of sp³-hybridized carbons (Fsp3) is 0.500. The molecule has 0 aliphatic heterocycles. The average molecular weight is 306 g/mol. The average Bonchev–Trinajstić information content (AvgIpc) is 2.99. The van der Waals surface area contributed by atoms with Gasteiger partial charge in [0.1, 0.15) is 6.54 Å². The molecule has 2 rings (SSSR count). The number of carbonyl (C=O) groups is 1. The van der Waals surface area contributed by atoms with E-state index in [0.29, 0.717) is 10.9 Å². The summed E-state index contributed by atoms with van der Waals surface area (Å²) in [6.07, 6.45) is 4.82. The molecule has 0 unspecified atom stereocenters. The zero-order chi connectivity index (χ0) is 15.1. The second-order valence-electron chi connectivity index (χ2n) is 5.39. The largest absolute Gasteiger partial charge is 0.342 e. The third-order valence-electron chi connectivity index (χ3n) is 3.93. The van der Waals surface area contributed by atoms with Crippen molar-refractivity contribution in [3.63, 3.8) is 0 Å². The third-order valence-corrected chi connectivity index (χ3v) is 4.16. The Balaban J connectivity index is 2.02. The second kappa shape index (κ2) is 8.02. The maximum atomic E-state index is 11.7. The van der Waals surface area contributed by atoms with Crippen LogP contribution in [-0.2, 0) is 4.79 Å². The van der Waals surface area contributed by atoms with Crippen molar-refractivity contribution in [3.05, 3.63) is 34.9 Å². The topological polar surface area (TPSA) is 64.9 Å². The molecule has 0 aromatic heterocycles. The minimum atomic E-state index is -0.151. The molecule has 0 bridgehead atoms. The zero-order valence-electron chi connectivity index (χ0n) is 11.9. The normalized spacial score (nSPS) is 16.4. The fourth-order valence-corrected chi connectivity index (χ4v) is 3.15. The molecule has 1 atom stereocenters. The van der Waals surface area contributed by atoms with E-state index in [2.05, 4.69) is 16.7 Å². The van der Waals surface area contributed by atoms with Crippen LogP contribution in [0.2, 0.25) is 5.02 Å². The van der Waals surface area contributed by atoms with Gasteiger partial charge in [0.2, 0.25) is 5.91 Å². The summed E-state index contributed by atoms with van der Waals surface area (Å²) >= 11 is 6.08. The molecule has 0 heterocycles. The van der Waals surface area contributed by atoms with E-state index in [0.717, 1.165) is 5.56 Å². The molecule has 1 amide bonds. The van der Waals surface area contributed by atoms with Gasteiger partial charge in [0.15, 0.2) is 0 Å². The molecule has 2 N–H and O–H groups in total. The number of nitriles is 1. The Labute approximate surface area is 130 Å². The highest BCUT2D eigenvalue weighted by Gasteiger charge is 2.26. The van der Waals surface area contributed by atoms with E-state index in [1.165, 1.54) is 25.7 Å². The lowest BCUT2D eigenvalue weighted by atomic mass is 9.91. The lowest BCUT2D eigenvalue weighted by molar-refractivity contribution is -0.120. The maximum Gasteiger partial charge on any atom is 0.234 e. The number of hydrogen-bond acceptors (Lipinski definition) is 3. The van der Waals surface area contributed by atoms with Gasteiger partial charge < -0.3 is 10.6 Å². The number of hydrogen-bond donors (Lipinski definition) is 2. The SMILES string of the molecule is N#CCNC(=O)CN[C@@H](c1cccc(Cl)c1)C1CCCC1. The van der Waals surface area contributed by atoms with Crippen molar-refractivity contribution in [2.45, 2.75) is 31.7 Å². The monoisotopic (exact) mass is 305 g/mol. The van der Waals surface area contributed by atoms with Crippen molar-refractivity contribution in [1.29, 1.82) is 5.26 Å². The Bertz CT molecular complexity index is 520. The molecule has 4 nitrogen and oxygen atoms in total. The van der Waals surface area contributed by atoms with Crippen LogP contribution in [0.1, 0.15) is 37.3 Å². The summed E-state index contributed by atoms with van der Waals surface area (Å²) in [6.45, 7) is 0.265. The first-order valence-corrected chi connectivity index (χ1v) is 7.71. The molecule has 1 aliphatic rings. The predicted molar refractivity (Wildman–Crippen MR) is 82.8 cm³/mol. The van der Waals surface area contributed by atoms with Crippen LogP contribution in [0, 0.1) is 17.2 Å². The van der Waals surface area contributed by atoms with E-state index in [9.17, 15) is 4.79 Å². The molecule has 21 heavy (non-hydrogen) atoms. The second-order valence-corrected chi connectivity index (χ2v) is 5.83. The standard InChI is InChI=1S/C16H20ClN3O/c17-14-7-3-6-13(10-14)16(12-4-1-2-5-12)20-11-15(21)19-9-8-18/h3,6-7,10,12,16,20H,1-2,4-5,9,11H2,(H,19,21)/t16-/m1/s1. The van der Waals surface area contributed by atoms with Crippen molar-refractivity contribution in [2.24, 2.45) is 5.92 Å². The molecule has 1 fully saturated rings. The number of amides is 1. The first-order valence-electron chi connectivity index (χ1n) is 7.33. The summed E-state index contributed by atoms with van der Waals surface area (Å²) in [5.74, 6) is 0.383. The van der Waals surface area contributed by atoms with Crippen LogP contribution in [0.25, 0.3) is 0 Å². The van der Waals surface area contributed by atoms with Gasteiger partial charge in [-0.1, -0.05) is 36.6 Å². The molecule has 5 heteroatoms. The summed E-state index contributed by atoms with van der Waals surface area (Å²) in [4.78, 5) is 11.7. The molecule has 112 valence electrons. The molecule has 1 aromatic carbocycles. The highest BCUT2D eigenvalue weighted by Crippen LogP contribution is 2.36. The number of halogens is 1. The lowest BCUT2D eigenvalue weighted by Crippen LogP contribution is -2.37. The molecule has 1 saturated carbocycles. The first kappa shape index (κ1) is 15.8. The number of carbonyl (C=O) groups excluding carboxylic acids is 1. The Morgan fingerprint density at radius 3 is 2.86 bits per heavy atom. The van der Waals surface area contributed by atoms with Gasteiger partial charge >= 0.3 is 0 Å². The number of nitrogens with zero attached hydrogens (tertiary/aromatic N) is 1. The van der Waals surface area contributed by atoms with Crippen molar-refractivity contribution < 1.29 is 4.79 Å². The van der Waals surface area contributed by atoms with Crippen molar-refractivity contribution >= 4 is 17.5 Å². The van der Waals surface area contributed by atoms with E-state index in [1.807, 2.05) is 24.3 Å². The molecule has 1 aromatic rings. The highest BCUT2D eigenvalue weighted by atomic mass is 35.5.